The Labute approximate surface area is 444 Å². The van der Waals surface area contributed by atoms with Gasteiger partial charge in [-0.2, -0.15) is 55.3 Å². The molecule has 0 aromatic heterocycles. The van der Waals surface area contributed by atoms with E-state index in [0.29, 0.717) is 18.2 Å². The first-order valence-electron chi connectivity index (χ1n) is 21.0. The molecule has 0 radical (unpaired) electrons. The molecule has 7 rings (SSSR count). The van der Waals surface area contributed by atoms with Gasteiger partial charge in [0.2, 0.25) is 0 Å². The van der Waals surface area contributed by atoms with Crippen LogP contribution in [-0.4, -0.2) is 5.67 Å². The van der Waals surface area contributed by atoms with E-state index in [-0.39, 0.29) is 0 Å². The van der Waals surface area contributed by atoms with E-state index in [9.17, 15) is 81.6 Å². The Morgan fingerprint density at radius 3 is 0.800 bits per heavy atom. The van der Waals surface area contributed by atoms with E-state index in [1.165, 1.54) is 0 Å². The number of benzene rings is 5. The standard InChI is InChI=1S/C49H4F33N3/c1-46(73)19(38(65)37(64)18(45(46)72)17-35(62)43(70)22(49(80,81)82)44(71)36(17)63)7(4-85)10-8(5(2-83)11-23(50)27(54)13(28(55)24(11)51)15-31(58)39(66)20(47(74,75)76)40(67)32(15)59)9(10)6(3-84)12-25(52)29(56)14(30(57)26(12)53)16-33(60)41(68)21(48(77,78)79)42(69)34(16)61/h19H,1H3/b8-5-,9-6+,10-7?. The Morgan fingerprint density at radius 1 is 0.341 bits per heavy atom. The van der Waals surface area contributed by atoms with Gasteiger partial charge in [-0.3, -0.25) is 0 Å². The van der Waals surface area contributed by atoms with E-state index in [2.05, 4.69) is 0 Å². The van der Waals surface area contributed by atoms with Crippen LogP contribution in [0.3, 0.4) is 0 Å². The summed E-state index contributed by atoms with van der Waals surface area (Å²) in [5.41, 5.74) is -54.8. The molecule has 3 nitrogen and oxygen atoms in total. The molecular formula is C49H4F33N3. The summed E-state index contributed by atoms with van der Waals surface area (Å²) >= 11 is 0. The number of nitriles is 3. The highest BCUT2D eigenvalue weighted by Crippen LogP contribution is 2.61. The number of halogens is 33. The number of hydrogen-bond acceptors (Lipinski definition) is 3. The number of alkyl halides is 10. The summed E-state index contributed by atoms with van der Waals surface area (Å²) in [6.45, 7) is -0.545. The lowest BCUT2D eigenvalue weighted by atomic mass is 9.75. The number of rotatable bonds is 6. The Morgan fingerprint density at radius 2 is 0.576 bits per heavy atom. The molecule has 0 spiro atoms. The second kappa shape index (κ2) is 20.6. The van der Waals surface area contributed by atoms with E-state index < -0.39 is 266 Å². The van der Waals surface area contributed by atoms with Crippen molar-refractivity contribution in [3.05, 3.63) is 189 Å². The van der Waals surface area contributed by atoms with Crippen molar-refractivity contribution in [2.75, 3.05) is 0 Å². The summed E-state index contributed by atoms with van der Waals surface area (Å²) in [5, 5.41) is 30.7. The largest absolute Gasteiger partial charge is 0.422 e. The zero-order valence-electron chi connectivity index (χ0n) is 38.9. The molecule has 446 valence electrons. The van der Waals surface area contributed by atoms with E-state index in [1.54, 1.807) is 0 Å². The summed E-state index contributed by atoms with van der Waals surface area (Å²) < 4.78 is 492. The van der Waals surface area contributed by atoms with Gasteiger partial charge < -0.3 is 0 Å². The first kappa shape index (κ1) is 63.5. The molecular weight excluding hydrogens is 1260 g/mol. The second-order valence-corrected chi connectivity index (χ2v) is 17.0. The van der Waals surface area contributed by atoms with Crippen molar-refractivity contribution in [3.8, 4) is 40.5 Å². The van der Waals surface area contributed by atoms with Gasteiger partial charge in [-0.1, -0.05) is 0 Å². The molecule has 2 atom stereocenters. The molecule has 0 saturated heterocycles. The zero-order chi connectivity index (χ0) is 64.8. The quantitative estimate of drug-likeness (QED) is 0.0966. The molecule has 2 aliphatic rings. The maximum absolute atomic E-state index is 17.0. The van der Waals surface area contributed by atoms with Crippen molar-refractivity contribution < 1.29 is 145 Å². The van der Waals surface area contributed by atoms with E-state index in [0.717, 1.165) is 0 Å². The fourth-order valence-corrected chi connectivity index (χ4v) is 8.71. The van der Waals surface area contributed by atoms with Crippen molar-refractivity contribution in [2.24, 2.45) is 5.92 Å². The summed E-state index contributed by atoms with van der Waals surface area (Å²) in [5.74, 6) is -85.4. The fourth-order valence-electron chi connectivity index (χ4n) is 8.71. The fraction of sp³-hybridized carbons (Fsp3) is 0.122. The average molecular weight is 1260 g/mol. The topological polar surface area (TPSA) is 71.4 Å². The van der Waals surface area contributed by atoms with Crippen LogP contribution >= 0.6 is 0 Å². The first-order valence-corrected chi connectivity index (χ1v) is 21.0. The molecule has 1 saturated carbocycles. The number of allylic oxidation sites excluding steroid dienone is 10. The maximum atomic E-state index is 17.0. The second-order valence-electron chi connectivity index (χ2n) is 17.0. The van der Waals surface area contributed by atoms with Crippen molar-refractivity contribution in [3.63, 3.8) is 0 Å². The van der Waals surface area contributed by atoms with E-state index >= 15 is 79.0 Å². The molecule has 5 aromatic rings. The van der Waals surface area contributed by atoms with Crippen molar-refractivity contribution in [1.29, 1.82) is 15.8 Å². The van der Waals surface area contributed by atoms with Gasteiger partial charge in [0.15, 0.2) is 128 Å². The Balaban J connectivity index is 1.65. The predicted octanol–water partition coefficient (Wildman–Crippen LogP) is 17.8. The van der Waals surface area contributed by atoms with Crippen molar-refractivity contribution in [2.45, 2.75) is 31.1 Å². The highest BCUT2D eigenvalue weighted by Gasteiger charge is 2.57. The molecule has 2 aliphatic carbocycles. The summed E-state index contributed by atoms with van der Waals surface area (Å²) in [6.07, 6.45) is -19.3. The van der Waals surface area contributed by atoms with Crippen LogP contribution in [0.1, 0.15) is 40.3 Å². The van der Waals surface area contributed by atoms with Gasteiger partial charge in [-0.05, 0) is 6.92 Å². The molecule has 0 aliphatic heterocycles. The SMILES string of the molecule is CC1(F)C(F)=C(c2c(F)c(F)c(C(F)(F)F)c(F)c2F)C(F)=C(F)C1C(C#N)=C1C(=C(/C#N)c2c(F)c(F)c(-c3c(F)c(F)c(C(F)(F)F)c(F)c3F)c(F)c2F)/C1=C(/C#N)c1c(F)c(F)c(-c2c(F)c(F)c(C(F)(F)F)c(F)c2F)c(F)c1F. The van der Waals surface area contributed by atoms with Crippen molar-refractivity contribution in [1.82, 2.24) is 0 Å². The Bertz CT molecular complexity index is 3890. The number of nitrogens with zero attached hydrogens (tertiary/aromatic N) is 3. The normalized spacial score (nSPS) is 18.5. The third kappa shape index (κ3) is 9.14. The highest BCUT2D eigenvalue weighted by molar-refractivity contribution is 6.07. The first-order chi connectivity index (χ1) is 38.9. The van der Waals surface area contributed by atoms with Crippen LogP contribution in [0.4, 0.5) is 145 Å². The lowest BCUT2D eigenvalue weighted by Gasteiger charge is -2.33. The molecule has 0 N–H and O–H groups in total. The van der Waals surface area contributed by atoms with Gasteiger partial charge in [0.1, 0.15) is 40.5 Å². The van der Waals surface area contributed by atoms with Gasteiger partial charge >= 0.3 is 18.5 Å². The van der Waals surface area contributed by atoms with Gasteiger partial charge in [0.25, 0.3) is 0 Å². The molecule has 0 bridgehead atoms. The van der Waals surface area contributed by atoms with Gasteiger partial charge in [-0.15, -0.1) is 0 Å². The minimum absolute atomic E-state index is 0.474. The Hall–Kier alpha value is -9.04. The van der Waals surface area contributed by atoms with Crippen LogP contribution in [0.25, 0.3) is 39.0 Å². The van der Waals surface area contributed by atoms with Crippen LogP contribution in [0.15, 0.2) is 39.8 Å². The zero-order valence-corrected chi connectivity index (χ0v) is 38.9. The molecule has 0 amide bonds. The Kier molecular flexibility index (Phi) is 15.4. The highest BCUT2D eigenvalue weighted by atomic mass is 19.4. The van der Waals surface area contributed by atoms with Crippen LogP contribution in [0.2, 0.25) is 0 Å². The van der Waals surface area contributed by atoms with Crippen LogP contribution in [0.5, 0.6) is 0 Å². The molecule has 85 heavy (non-hydrogen) atoms. The van der Waals surface area contributed by atoms with Gasteiger partial charge in [-0.25, -0.2) is 105 Å². The van der Waals surface area contributed by atoms with E-state index in [4.69, 9.17) is 0 Å². The monoisotopic (exact) mass is 1260 g/mol. The molecule has 5 aromatic carbocycles. The van der Waals surface area contributed by atoms with E-state index in [1.807, 2.05) is 0 Å². The minimum atomic E-state index is -6.44. The molecule has 36 heteroatoms. The molecule has 2 unspecified atom stereocenters. The van der Waals surface area contributed by atoms with Gasteiger partial charge in [0.05, 0.1) is 73.2 Å². The van der Waals surface area contributed by atoms with Crippen LogP contribution in [0, 0.1) is 156 Å². The third-order valence-corrected chi connectivity index (χ3v) is 12.4. The molecule has 1 fully saturated rings. The summed E-state index contributed by atoms with van der Waals surface area (Å²) in [6, 6.07) is 1.48. The lowest BCUT2D eigenvalue weighted by molar-refractivity contribution is -0.144. The third-order valence-electron chi connectivity index (χ3n) is 12.4. The summed E-state index contributed by atoms with van der Waals surface area (Å²) in [7, 11) is 0. The minimum Gasteiger partial charge on any atom is -0.235 e. The van der Waals surface area contributed by atoms with Crippen LogP contribution < -0.4 is 0 Å². The number of hydrogen-bond donors (Lipinski definition) is 0. The smallest absolute Gasteiger partial charge is 0.235 e. The molecule has 0 heterocycles. The van der Waals surface area contributed by atoms with Crippen molar-refractivity contribution >= 4 is 16.7 Å². The van der Waals surface area contributed by atoms with Crippen LogP contribution in [-0.2, 0) is 18.5 Å². The summed E-state index contributed by atoms with van der Waals surface area (Å²) in [4.78, 5) is 0. The lowest BCUT2D eigenvalue weighted by Crippen LogP contribution is -2.36. The maximum Gasteiger partial charge on any atom is 0.422 e. The predicted molar refractivity (Wildman–Crippen MR) is 212 cm³/mol. The average Bonchev–Trinajstić information content (AvgIpc) is 1.65. The van der Waals surface area contributed by atoms with Gasteiger partial charge in [0, 0.05) is 16.7 Å².